The largest absolute Gasteiger partial charge is 0.316 e. The van der Waals surface area contributed by atoms with Gasteiger partial charge in [0.2, 0.25) is 0 Å². The highest BCUT2D eigenvalue weighted by molar-refractivity contribution is 4.82. The van der Waals surface area contributed by atoms with Gasteiger partial charge in [0.1, 0.15) is 0 Å². The van der Waals surface area contributed by atoms with Gasteiger partial charge < -0.3 is 10.2 Å². The fraction of sp³-hybridized carbons (Fsp3) is 1.00. The molecule has 0 aromatic carbocycles. The molecule has 17 heavy (non-hydrogen) atoms. The van der Waals surface area contributed by atoms with Crippen LogP contribution in [0.2, 0.25) is 0 Å². The van der Waals surface area contributed by atoms with Gasteiger partial charge in [-0.25, -0.2) is 0 Å². The number of hydrogen-bond acceptors (Lipinski definition) is 2. The van der Waals surface area contributed by atoms with Crippen LogP contribution in [0.4, 0.5) is 0 Å². The van der Waals surface area contributed by atoms with Gasteiger partial charge in [-0.2, -0.15) is 0 Å². The molecule has 1 saturated heterocycles. The molecule has 0 aromatic heterocycles. The van der Waals surface area contributed by atoms with Crippen molar-refractivity contribution < 1.29 is 0 Å². The van der Waals surface area contributed by atoms with Crippen molar-refractivity contribution in [2.45, 2.75) is 53.5 Å². The fourth-order valence-corrected chi connectivity index (χ4v) is 3.30. The lowest BCUT2D eigenvalue weighted by atomic mass is 9.84. The third-order valence-electron chi connectivity index (χ3n) is 4.07. The van der Waals surface area contributed by atoms with Crippen LogP contribution in [0.5, 0.6) is 0 Å². The molecular formula is C15H32N2. The predicted molar refractivity (Wildman–Crippen MR) is 76.3 cm³/mol. The second-order valence-corrected chi connectivity index (χ2v) is 7.20. The smallest absolute Gasteiger partial charge is 0.0125 e. The number of hydrogen-bond donors (Lipinski definition) is 1. The lowest BCUT2D eigenvalue weighted by Gasteiger charge is -2.37. The molecule has 0 aromatic rings. The second-order valence-electron chi connectivity index (χ2n) is 7.20. The van der Waals surface area contributed by atoms with Crippen molar-refractivity contribution in [1.82, 2.24) is 10.2 Å². The quantitative estimate of drug-likeness (QED) is 0.812. The summed E-state index contributed by atoms with van der Waals surface area (Å²) >= 11 is 0. The van der Waals surface area contributed by atoms with Gasteiger partial charge in [-0.3, -0.25) is 0 Å². The minimum absolute atomic E-state index is 0.363. The van der Waals surface area contributed by atoms with Crippen LogP contribution in [-0.4, -0.2) is 37.6 Å². The third-order valence-corrected chi connectivity index (χ3v) is 4.07. The van der Waals surface area contributed by atoms with Crippen molar-refractivity contribution in [2.75, 3.05) is 26.7 Å². The summed E-state index contributed by atoms with van der Waals surface area (Å²) in [5, 5.41) is 3.48. The van der Waals surface area contributed by atoms with Crippen molar-refractivity contribution in [1.29, 1.82) is 0 Å². The summed E-state index contributed by atoms with van der Waals surface area (Å²) in [5.41, 5.74) is 0.363. The van der Waals surface area contributed by atoms with Gasteiger partial charge in [0.25, 0.3) is 0 Å². The first-order valence-electron chi connectivity index (χ1n) is 7.22. The normalized spacial score (nSPS) is 29.3. The Morgan fingerprint density at radius 3 is 2.12 bits per heavy atom. The second kappa shape index (κ2) is 6.19. The van der Waals surface area contributed by atoms with Gasteiger partial charge in [-0.15, -0.1) is 0 Å². The molecule has 1 rings (SSSR count). The molecule has 0 amide bonds. The average Bonchev–Trinajstić information content (AvgIpc) is 2.14. The van der Waals surface area contributed by atoms with E-state index in [0.717, 1.165) is 11.8 Å². The standard InChI is InChI=1S/C15H32N2/c1-12-9-13(2)11-17(10-12)8-7-14(16-6)15(3,4)5/h12-14,16H,7-11H2,1-6H3. The minimum Gasteiger partial charge on any atom is -0.316 e. The molecule has 2 heteroatoms. The molecule has 0 bridgehead atoms. The van der Waals surface area contributed by atoms with E-state index in [1.807, 2.05) is 0 Å². The van der Waals surface area contributed by atoms with E-state index >= 15 is 0 Å². The Kier molecular flexibility index (Phi) is 5.46. The van der Waals surface area contributed by atoms with Gasteiger partial charge >= 0.3 is 0 Å². The summed E-state index contributed by atoms with van der Waals surface area (Å²) < 4.78 is 0. The number of likely N-dealkylation sites (tertiary alicyclic amines) is 1. The topological polar surface area (TPSA) is 15.3 Å². The molecule has 0 aliphatic carbocycles. The maximum atomic E-state index is 3.48. The Labute approximate surface area is 108 Å². The van der Waals surface area contributed by atoms with Crippen LogP contribution in [0.3, 0.4) is 0 Å². The molecule has 3 unspecified atom stereocenters. The van der Waals surface area contributed by atoms with E-state index in [9.17, 15) is 0 Å². The van der Waals surface area contributed by atoms with Gasteiger partial charge in [0, 0.05) is 19.1 Å². The van der Waals surface area contributed by atoms with Crippen molar-refractivity contribution in [2.24, 2.45) is 17.3 Å². The Hall–Kier alpha value is -0.0800. The van der Waals surface area contributed by atoms with Gasteiger partial charge in [0.05, 0.1) is 0 Å². The Bertz CT molecular complexity index is 209. The van der Waals surface area contributed by atoms with Crippen LogP contribution in [0.15, 0.2) is 0 Å². The molecule has 1 fully saturated rings. The number of piperidine rings is 1. The lowest BCUT2D eigenvalue weighted by molar-refractivity contribution is 0.126. The highest BCUT2D eigenvalue weighted by atomic mass is 15.1. The van der Waals surface area contributed by atoms with Crippen LogP contribution >= 0.6 is 0 Å². The first-order chi connectivity index (χ1) is 7.82. The van der Waals surface area contributed by atoms with Gasteiger partial charge in [0.15, 0.2) is 0 Å². The van der Waals surface area contributed by atoms with E-state index in [-0.39, 0.29) is 0 Å². The molecule has 102 valence electrons. The van der Waals surface area contributed by atoms with E-state index in [2.05, 4.69) is 51.9 Å². The number of rotatable bonds is 4. The maximum absolute atomic E-state index is 3.48. The van der Waals surface area contributed by atoms with Crippen LogP contribution in [0.1, 0.15) is 47.5 Å². The summed E-state index contributed by atoms with van der Waals surface area (Å²) in [7, 11) is 2.09. The highest BCUT2D eigenvalue weighted by Crippen LogP contribution is 2.24. The SMILES string of the molecule is CNC(CCN1CC(C)CC(C)C1)C(C)(C)C. The van der Waals surface area contributed by atoms with Gasteiger partial charge in [-0.05, 0) is 43.7 Å². The summed E-state index contributed by atoms with van der Waals surface area (Å²) in [6.07, 6.45) is 2.67. The summed E-state index contributed by atoms with van der Waals surface area (Å²) in [4.78, 5) is 2.66. The van der Waals surface area contributed by atoms with E-state index in [0.29, 0.717) is 11.5 Å². The molecule has 1 aliphatic heterocycles. The predicted octanol–water partition coefficient (Wildman–Crippen LogP) is 2.99. The first kappa shape index (κ1) is 15.0. The molecule has 0 spiro atoms. The highest BCUT2D eigenvalue weighted by Gasteiger charge is 2.26. The molecular weight excluding hydrogens is 208 g/mol. The van der Waals surface area contributed by atoms with Crippen LogP contribution < -0.4 is 5.32 Å². The molecule has 0 saturated carbocycles. The maximum Gasteiger partial charge on any atom is 0.0125 e. The molecule has 1 aliphatic rings. The number of nitrogens with one attached hydrogen (secondary N) is 1. The molecule has 0 radical (unpaired) electrons. The molecule has 3 atom stereocenters. The lowest BCUT2D eigenvalue weighted by Crippen LogP contribution is -2.44. The Morgan fingerprint density at radius 1 is 1.18 bits per heavy atom. The van der Waals surface area contributed by atoms with Crippen molar-refractivity contribution in [3.05, 3.63) is 0 Å². The van der Waals surface area contributed by atoms with Crippen molar-refractivity contribution in [3.63, 3.8) is 0 Å². The van der Waals surface area contributed by atoms with Crippen LogP contribution in [0.25, 0.3) is 0 Å². The van der Waals surface area contributed by atoms with Crippen LogP contribution in [0, 0.1) is 17.3 Å². The fourth-order valence-electron chi connectivity index (χ4n) is 3.30. The van der Waals surface area contributed by atoms with Gasteiger partial charge in [-0.1, -0.05) is 34.6 Å². The number of nitrogens with zero attached hydrogens (tertiary/aromatic N) is 1. The zero-order valence-corrected chi connectivity index (χ0v) is 12.7. The van der Waals surface area contributed by atoms with Crippen LogP contribution in [-0.2, 0) is 0 Å². The summed E-state index contributed by atoms with van der Waals surface area (Å²) in [6, 6.07) is 0.620. The first-order valence-corrected chi connectivity index (χ1v) is 7.22. The Morgan fingerprint density at radius 2 is 1.71 bits per heavy atom. The zero-order valence-electron chi connectivity index (χ0n) is 12.7. The van der Waals surface area contributed by atoms with E-state index in [1.165, 1.54) is 32.5 Å². The monoisotopic (exact) mass is 240 g/mol. The third kappa shape index (κ3) is 4.97. The molecule has 1 heterocycles. The minimum atomic E-state index is 0.363. The molecule has 2 nitrogen and oxygen atoms in total. The van der Waals surface area contributed by atoms with E-state index in [4.69, 9.17) is 0 Å². The van der Waals surface area contributed by atoms with E-state index < -0.39 is 0 Å². The molecule has 1 N–H and O–H groups in total. The van der Waals surface area contributed by atoms with Crippen molar-refractivity contribution >= 4 is 0 Å². The zero-order chi connectivity index (χ0) is 13.1. The summed E-state index contributed by atoms with van der Waals surface area (Å²) in [6.45, 7) is 15.6. The average molecular weight is 240 g/mol. The summed E-state index contributed by atoms with van der Waals surface area (Å²) in [5.74, 6) is 1.75. The van der Waals surface area contributed by atoms with Crippen molar-refractivity contribution in [3.8, 4) is 0 Å². The van der Waals surface area contributed by atoms with E-state index in [1.54, 1.807) is 0 Å². The Balaban J connectivity index is 2.39.